The summed E-state index contributed by atoms with van der Waals surface area (Å²) in [6.07, 6.45) is 2.21. The number of rotatable bonds is 8. The van der Waals surface area contributed by atoms with Crippen LogP contribution in [0.15, 0.2) is 29.3 Å². The van der Waals surface area contributed by atoms with Crippen molar-refractivity contribution < 1.29 is 13.2 Å². The van der Waals surface area contributed by atoms with E-state index in [-0.39, 0.29) is 30.0 Å². The number of nitrogens with one attached hydrogen (secondary N) is 2. The zero-order valence-corrected chi connectivity index (χ0v) is 21.1. The molecule has 4 nitrogen and oxygen atoms in total. The van der Waals surface area contributed by atoms with Crippen molar-refractivity contribution in [1.82, 2.24) is 15.5 Å². The molecule has 1 saturated heterocycles. The molecule has 2 atom stereocenters. The van der Waals surface area contributed by atoms with Gasteiger partial charge in [-0.05, 0) is 74.9 Å². The lowest BCUT2D eigenvalue weighted by atomic mass is 9.84. The molecule has 2 N–H and O–H groups in total. The number of hydrogen-bond donors (Lipinski definition) is 2. The molecule has 0 amide bonds. The van der Waals surface area contributed by atoms with Gasteiger partial charge in [0.2, 0.25) is 0 Å². The van der Waals surface area contributed by atoms with Crippen molar-refractivity contribution >= 4 is 41.7 Å². The number of nitrogens with zero attached hydrogens (tertiary/aromatic N) is 2. The van der Waals surface area contributed by atoms with E-state index in [1.807, 2.05) is 18.8 Å². The van der Waals surface area contributed by atoms with Crippen LogP contribution in [0.25, 0.3) is 0 Å². The van der Waals surface area contributed by atoms with Crippen LogP contribution in [0, 0.1) is 5.92 Å². The van der Waals surface area contributed by atoms with Gasteiger partial charge < -0.3 is 10.6 Å². The highest BCUT2D eigenvalue weighted by Gasteiger charge is 2.33. The third kappa shape index (κ3) is 8.45. The van der Waals surface area contributed by atoms with Crippen LogP contribution in [-0.4, -0.2) is 56.6 Å². The number of thioether (sulfide) groups is 1. The van der Waals surface area contributed by atoms with Crippen molar-refractivity contribution in [1.29, 1.82) is 0 Å². The minimum Gasteiger partial charge on any atom is -0.356 e. The van der Waals surface area contributed by atoms with Crippen molar-refractivity contribution in [3.63, 3.8) is 0 Å². The number of alkyl halides is 3. The van der Waals surface area contributed by atoms with E-state index in [4.69, 9.17) is 0 Å². The first kappa shape index (κ1) is 27.4. The molecule has 30 heavy (non-hydrogen) atoms. The fourth-order valence-electron chi connectivity index (χ4n) is 3.90. The standard InChI is InChI=1S/C21H33F3N4S.HI/c1-25-20(26-12-4-5-14-29-3)27-15-17-7-6-13-28(2)19(17)16-8-10-18(11-9-16)21(22,23)24;/h8-11,17,19H,4-7,12-15H2,1-3H3,(H2,25,26,27);1H. The van der Waals surface area contributed by atoms with Crippen LogP contribution in [-0.2, 0) is 6.18 Å². The van der Waals surface area contributed by atoms with Gasteiger partial charge in [0.15, 0.2) is 5.96 Å². The van der Waals surface area contributed by atoms with Crippen LogP contribution in [0.5, 0.6) is 0 Å². The Morgan fingerprint density at radius 2 is 1.90 bits per heavy atom. The van der Waals surface area contributed by atoms with Crippen molar-refractivity contribution in [2.75, 3.05) is 45.7 Å². The molecular weight excluding hydrogens is 524 g/mol. The highest BCUT2D eigenvalue weighted by atomic mass is 127. The number of guanidine groups is 1. The van der Waals surface area contributed by atoms with Gasteiger partial charge in [0.1, 0.15) is 0 Å². The summed E-state index contributed by atoms with van der Waals surface area (Å²) in [5.74, 6) is 2.26. The molecule has 0 saturated carbocycles. The summed E-state index contributed by atoms with van der Waals surface area (Å²) in [5, 5.41) is 6.76. The summed E-state index contributed by atoms with van der Waals surface area (Å²) in [6.45, 7) is 2.57. The molecule has 1 aromatic carbocycles. The molecule has 1 fully saturated rings. The summed E-state index contributed by atoms with van der Waals surface area (Å²) in [6, 6.07) is 5.73. The molecule has 1 heterocycles. The zero-order valence-electron chi connectivity index (χ0n) is 18.0. The number of likely N-dealkylation sites (tertiary alicyclic amines) is 1. The van der Waals surface area contributed by atoms with Crippen molar-refractivity contribution in [2.24, 2.45) is 10.9 Å². The third-order valence-electron chi connectivity index (χ3n) is 5.41. The van der Waals surface area contributed by atoms with Gasteiger partial charge in [-0.3, -0.25) is 9.89 Å². The van der Waals surface area contributed by atoms with Gasteiger partial charge in [0.05, 0.1) is 5.56 Å². The molecule has 0 aromatic heterocycles. The van der Waals surface area contributed by atoms with Crippen LogP contribution in [0.1, 0.15) is 42.9 Å². The average Bonchev–Trinajstić information content (AvgIpc) is 2.69. The van der Waals surface area contributed by atoms with E-state index in [1.165, 1.54) is 18.6 Å². The molecular formula is C21H34F3IN4S. The Morgan fingerprint density at radius 3 is 2.50 bits per heavy atom. The maximum Gasteiger partial charge on any atom is 0.416 e. The topological polar surface area (TPSA) is 39.7 Å². The molecule has 1 aromatic rings. The Morgan fingerprint density at radius 1 is 1.20 bits per heavy atom. The highest BCUT2D eigenvalue weighted by Crippen LogP contribution is 2.36. The Hall–Kier alpha value is -0.680. The highest BCUT2D eigenvalue weighted by molar-refractivity contribution is 14.0. The van der Waals surface area contributed by atoms with E-state index in [0.29, 0.717) is 5.92 Å². The number of benzene rings is 1. The summed E-state index contributed by atoms with van der Waals surface area (Å²) < 4.78 is 38.7. The normalized spacial score (nSPS) is 20.5. The number of piperidine rings is 1. The molecule has 2 unspecified atom stereocenters. The molecule has 0 bridgehead atoms. The van der Waals surface area contributed by atoms with Crippen LogP contribution in [0.4, 0.5) is 13.2 Å². The fourth-order valence-corrected chi connectivity index (χ4v) is 4.39. The molecule has 172 valence electrons. The fraction of sp³-hybridized carbons (Fsp3) is 0.667. The number of hydrogen-bond acceptors (Lipinski definition) is 3. The first-order valence-electron chi connectivity index (χ1n) is 10.2. The molecule has 9 heteroatoms. The average molecular weight is 558 g/mol. The summed E-state index contributed by atoms with van der Waals surface area (Å²) >= 11 is 1.86. The quantitative estimate of drug-likeness (QED) is 0.204. The van der Waals surface area contributed by atoms with Gasteiger partial charge in [-0.15, -0.1) is 24.0 Å². The van der Waals surface area contributed by atoms with E-state index in [0.717, 1.165) is 56.2 Å². The summed E-state index contributed by atoms with van der Waals surface area (Å²) in [5.41, 5.74) is 0.340. The van der Waals surface area contributed by atoms with E-state index in [2.05, 4.69) is 26.8 Å². The van der Waals surface area contributed by atoms with Crippen molar-refractivity contribution in [2.45, 2.75) is 37.9 Å². The van der Waals surface area contributed by atoms with Crippen LogP contribution in [0.2, 0.25) is 0 Å². The minimum atomic E-state index is -4.30. The monoisotopic (exact) mass is 558 g/mol. The minimum absolute atomic E-state index is 0. The van der Waals surface area contributed by atoms with E-state index < -0.39 is 11.7 Å². The lowest BCUT2D eigenvalue weighted by molar-refractivity contribution is -0.137. The molecule has 2 rings (SSSR count). The second-order valence-corrected chi connectivity index (χ2v) is 8.51. The first-order valence-corrected chi connectivity index (χ1v) is 11.6. The summed E-state index contributed by atoms with van der Waals surface area (Å²) in [4.78, 5) is 6.54. The third-order valence-corrected chi connectivity index (χ3v) is 6.11. The van der Waals surface area contributed by atoms with Gasteiger partial charge in [0.25, 0.3) is 0 Å². The zero-order chi connectivity index (χ0) is 21.3. The number of halogens is 4. The Kier molecular flexibility index (Phi) is 12.5. The molecule has 0 radical (unpaired) electrons. The van der Waals surface area contributed by atoms with E-state index >= 15 is 0 Å². The maximum atomic E-state index is 12.9. The lowest BCUT2D eigenvalue weighted by Crippen LogP contribution is -2.45. The predicted molar refractivity (Wildman–Crippen MR) is 132 cm³/mol. The SMILES string of the molecule is CN=C(NCCCCSC)NCC1CCCN(C)C1c1ccc(C(F)(F)F)cc1.I. The molecule has 1 aliphatic rings. The second-order valence-electron chi connectivity index (χ2n) is 7.53. The Balaban J connectivity index is 0.00000450. The van der Waals surface area contributed by atoms with Crippen LogP contribution >= 0.6 is 35.7 Å². The summed E-state index contributed by atoms with van der Waals surface area (Å²) in [7, 11) is 3.81. The van der Waals surface area contributed by atoms with Gasteiger partial charge in [-0.2, -0.15) is 24.9 Å². The maximum absolute atomic E-state index is 12.9. The first-order chi connectivity index (χ1) is 13.9. The number of unbranched alkanes of at least 4 members (excludes halogenated alkanes) is 1. The molecule has 1 aliphatic heterocycles. The van der Waals surface area contributed by atoms with Crippen LogP contribution in [0.3, 0.4) is 0 Å². The van der Waals surface area contributed by atoms with Gasteiger partial charge >= 0.3 is 6.18 Å². The van der Waals surface area contributed by atoms with E-state index in [1.54, 1.807) is 19.2 Å². The van der Waals surface area contributed by atoms with Gasteiger partial charge in [-0.25, -0.2) is 0 Å². The second kappa shape index (κ2) is 13.7. The van der Waals surface area contributed by atoms with Crippen molar-refractivity contribution in [3.05, 3.63) is 35.4 Å². The van der Waals surface area contributed by atoms with Crippen LogP contribution < -0.4 is 10.6 Å². The largest absolute Gasteiger partial charge is 0.416 e. The van der Waals surface area contributed by atoms with Crippen molar-refractivity contribution in [3.8, 4) is 0 Å². The molecule has 0 aliphatic carbocycles. The Bertz CT molecular complexity index is 640. The lowest BCUT2D eigenvalue weighted by Gasteiger charge is -2.40. The smallest absolute Gasteiger partial charge is 0.356 e. The predicted octanol–water partition coefficient (Wildman–Crippen LogP) is 5.01. The van der Waals surface area contributed by atoms with Gasteiger partial charge in [0, 0.05) is 26.2 Å². The molecule has 0 spiro atoms. The Labute approximate surface area is 199 Å². The van der Waals surface area contributed by atoms with E-state index in [9.17, 15) is 13.2 Å². The number of aliphatic imine (C=N–C) groups is 1. The van der Waals surface area contributed by atoms with Gasteiger partial charge in [-0.1, -0.05) is 12.1 Å².